The Balaban J connectivity index is 0.000000334. The van der Waals surface area contributed by atoms with E-state index in [1.165, 1.54) is 22.3 Å². The number of aliphatic imine (C=N–C) groups is 4. The number of hydrogen-bond acceptors (Lipinski definition) is 10. The van der Waals surface area contributed by atoms with Crippen molar-refractivity contribution in [2.75, 3.05) is 14.2 Å². The van der Waals surface area contributed by atoms with Crippen molar-refractivity contribution >= 4 is 84.8 Å². The molecular weight excluding hydrogens is 1420 g/mol. The molecule has 0 unspecified atom stereocenters. The first kappa shape index (κ1) is 88.2. The minimum absolute atomic E-state index is 0.00357. The van der Waals surface area contributed by atoms with Crippen LogP contribution in [0.15, 0.2) is 166 Å². The van der Waals surface area contributed by atoms with Gasteiger partial charge in [-0.1, -0.05) is 215 Å². The van der Waals surface area contributed by atoms with Gasteiger partial charge >= 0.3 is 71.3 Å². The first-order valence-corrected chi connectivity index (χ1v) is 42.7. The average molecular weight is 1530 g/mol. The average Bonchev–Trinajstić information content (AvgIpc) is 0.805. The summed E-state index contributed by atoms with van der Waals surface area (Å²) < 4.78 is 10.3. The predicted molar refractivity (Wildman–Crippen MR) is 432 cm³/mol. The van der Waals surface area contributed by atoms with Crippen LogP contribution in [-0.2, 0) is 77.4 Å². The summed E-state index contributed by atoms with van der Waals surface area (Å²) in [4.78, 5) is 18.5. The number of ether oxygens (including phenoxy) is 2. The van der Waals surface area contributed by atoms with Crippen LogP contribution in [0.3, 0.4) is 0 Å². The minimum atomic E-state index is -0.556. The first-order valence-electron chi connectivity index (χ1n) is 34.1. The van der Waals surface area contributed by atoms with Gasteiger partial charge in [-0.05, 0) is 174 Å². The normalized spacial score (nSPS) is 12.4. The van der Waals surface area contributed by atoms with Gasteiger partial charge in [0.15, 0.2) is 0 Å². The number of rotatable bonds is 11. The second-order valence-electron chi connectivity index (χ2n) is 33.5. The third kappa shape index (κ3) is 26.8. The number of phenolic OH excluding ortho intramolecular Hbond substituents is 4. The molecule has 0 aliphatic rings. The second-order valence-corrected chi connectivity index (χ2v) is 38.7. The Morgan fingerprint density at radius 3 is 0.588 bits per heavy atom. The van der Waals surface area contributed by atoms with Gasteiger partial charge in [-0.2, -0.15) is 0 Å². The molecule has 0 atom stereocenters. The van der Waals surface area contributed by atoms with Gasteiger partial charge < -0.3 is 29.9 Å². The molecule has 0 bridgehead atoms. The van der Waals surface area contributed by atoms with E-state index < -0.39 is 34.1 Å². The van der Waals surface area contributed by atoms with Crippen LogP contribution < -0.4 is 9.47 Å². The van der Waals surface area contributed by atoms with Crippen LogP contribution in [0, 0.1) is 0 Å². The van der Waals surface area contributed by atoms with Gasteiger partial charge in [0, 0.05) is 69.4 Å². The van der Waals surface area contributed by atoms with Crippen LogP contribution in [0.1, 0.15) is 233 Å². The number of aromatic hydroxyl groups is 4. The second kappa shape index (κ2) is 37.2. The van der Waals surface area contributed by atoms with E-state index in [0.29, 0.717) is 11.5 Å². The van der Waals surface area contributed by atoms with Crippen LogP contribution >= 0.6 is 37.2 Å². The number of benzene rings is 8. The molecule has 0 amide bonds. The molecule has 0 spiro atoms. The summed E-state index contributed by atoms with van der Waals surface area (Å²) in [6.45, 7) is 51.5. The van der Waals surface area contributed by atoms with E-state index in [1.54, 1.807) is 39.1 Å². The molecule has 4 N–H and O–H groups in total. The van der Waals surface area contributed by atoms with E-state index in [9.17, 15) is 20.4 Å². The van der Waals surface area contributed by atoms with E-state index in [2.05, 4.69) is 225 Å². The van der Waals surface area contributed by atoms with Gasteiger partial charge in [-0.3, -0.25) is 20.0 Å². The fourth-order valence-electron chi connectivity index (χ4n) is 10.4. The Kier molecular flexibility index (Phi) is 32.2. The number of methoxy groups -OCH3 is 2. The van der Waals surface area contributed by atoms with Crippen molar-refractivity contribution in [2.24, 2.45) is 20.0 Å². The molecule has 8 rings (SSSR count). The molecule has 16 heteroatoms. The van der Waals surface area contributed by atoms with Gasteiger partial charge in [-0.25, -0.2) is 0 Å². The molecule has 10 nitrogen and oxygen atoms in total. The predicted octanol–water partition coefficient (Wildman–Crippen LogP) is 25.7. The zero-order valence-corrected chi connectivity index (χ0v) is 71.2. The van der Waals surface area contributed by atoms with Crippen LogP contribution in [0.5, 0.6) is 34.5 Å². The third-order valence-electron chi connectivity index (χ3n) is 16.9. The molecule has 0 heterocycles. The van der Waals surface area contributed by atoms with Crippen molar-refractivity contribution in [3.8, 4) is 45.6 Å². The Morgan fingerprint density at radius 1 is 0.275 bits per heavy atom. The van der Waals surface area contributed by atoms with E-state index in [0.717, 1.165) is 89.9 Å². The Labute approximate surface area is 645 Å². The monoisotopic (exact) mass is 1530 g/mol. The molecule has 0 aliphatic carbocycles. The van der Waals surface area contributed by atoms with Crippen LogP contribution in [0.4, 0.5) is 22.7 Å². The third-order valence-corrected chi connectivity index (χ3v) is 16.9. The van der Waals surface area contributed by atoms with Crippen molar-refractivity contribution in [3.63, 3.8) is 0 Å². The Bertz CT molecular complexity index is 3880. The summed E-state index contributed by atoms with van der Waals surface area (Å²) in [5.41, 5.74) is 16.0. The number of hydrogen-bond donors (Lipinski definition) is 4. The summed E-state index contributed by atoms with van der Waals surface area (Å²) in [6.07, 6.45) is 7.01. The fourth-order valence-corrected chi connectivity index (χ4v) is 10.4. The topological polar surface area (TPSA) is 149 Å². The summed E-state index contributed by atoms with van der Waals surface area (Å²) in [5.74, 6) is 2.78. The van der Waals surface area contributed by atoms with Crippen molar-refractivity contribution in [2.45, 2.75) is 209 Å². The molecular formula is C86H110Cl4N4O6Ti2. The molecule has 0 aromatic heterocycles. The molecule has 0 radical (unpaired) electrons. The van der Waals surface area contributed by atoms with Crippen molar-refractivity contribution in [3.05, 3.63) is 212 Å². The summed E-state index contributed by atoms with van der Waals surface area (Å²) in [7, 11) is 22.8. The maximum absolute atomic E-state index is 11.1. The van der Waals surface area contributed by atoms with Gasteiger partial charge in [-0.15, -0.1) is 0 Å². The van der Waals surface area contributed by atoms with E-state index in [-0.39, 0.29) is 54.8 Å². The van der Waals surface area contributed by atoms with Gasteiger partial charge in [0.2, 0.25) is 0 Å². The maximum atomic E-state index is 11.1. The molecule has 8 aromatic carbocycles. The fraction of sp³-hybridized carbons (Fsp3) is 0.395. The molecule has 0 fully saturated rings. The van der Waals surface area contributed by atoms with Crippen molar-refractivity contribution in [1.29, 1.82) is 0 Å². The molecule has 0 aliphatic heterocycles. The molecule has 0 saturated heterocycles. The first-order chi connectivity index (χ1) is 47.0. The number of halogens is 4. The van der Waals surface area contributed by atoms with E-state index in [4.69, 9.17) is 56.7 Å². The van der Waals surface area contributed by atoms with Gasteiger partial charge in [0.05, 0.1) is 37.0 Å². The van der Waals surface area contributed by atoms with E-state index >= 15 is 0 Å². The standard InChI is InChI=1S/C42H52N2O2.2C22H29NO2.4ClH.2Ti/c1-39(2,3)31-21-29(37(45)35(23-31)41(7,8)9)25-43-33-17-13-27(14-18-33)28-15-19-34(20-16-28)44-26-30-22-32(40(4,5)6)24-36(38(30)46)42(10,11)12;2*1-21(2,3)16-12-15(20(24)19(13-16)22(4,5)6)14-23-17-8-10-18(25-7)11-9-17;;;;;;/h13-26,45-46H,1-12H3;2*8-14,24H,1-7H3;4*1H;;/q;;;;;;;2*+2/p-4. The number of phenols is 4. The molecule has 8 aromatic rings. The summed E-state index contributed by atoms with van der Waals surface area (Å²) in [6, 6.07) is 47.9. The van der Waals surface area contributed by atoms with Gasteiger partial charge in [0.1, 0.15) is 34.5 Å². The van der Waals surface area contributed by atoms with Gasteiger partial charge in [0.25, 0.3) is 0 Å². The Hall–Kier alpha value is -6.17. The van der Waals surface area contributed by atoms with Crippen LogP contribution in [0.2, 0.25) is 0 Å². The van der Waals surface area contributed by atoms with Crippen molar-refractivity contribution < 1.29 is 64.0 Å². The Morgan fingerprint density at radius 2 is 0.441 bits per heavy atom. The summed E-state index contributed by atoms with van der Waals surface area (Å²) >= 11 is -1.11. The van der Waals surface area contributed by atoms with E-state index in [1.807, 2.05) is 97.1 Å². The van der Waals surface area contributed by atoms with Crippen LogP contribution in [0.25, 0.3) is 11.1 Å². The van der Waals surface area contributed by atoms with Crippen LogP contribution in [-0.4, -0.2) is 59.5 Å². The number of nitrogens with zero attached hydrogens (tertiary/aromatic N) is 4. The van der Waals surface area contributed by atoms with Crippen molar-refractivity contribution in [1.82, 2.24) is 0 Å². The zero-order valence-electron chi connectivity index (χ0n) is 65.1. The molecule has 0 saturated carbocycles. The quantitative estimate of drug-likeness (QED) is 0.0749. The summed E-state index contributed by atoms with van der Waals surface area (Å²) in [5, 5.41) is 43.7. The zero-order chi connectivity index (χ0) is 77.3. The SMILES string of the molecule is CC(C)(C)c1cc(C=Nc2ccc(-c3ccc(N=Cc4cc(C(C)(C)C)cc(C(C)(C)C)c4O)cc3)cc2)c(O)c(C(C)(C)C)c1.COc1ccc(N=Cc2cc(C(C)(C)C)cc(C(C)(C)C)c2O)cc1.COc1ccc(N=Cc2cc(C(C)(C)C)cc(C(C)(C)C)c2O)cc1.[Cl][Ti][Cl].[Cl][Ti][Cl]. The molecule has 546 valence electrons. The molecule has 102 heavy (non-hydrogen) atoms.